The molecule has 1 saturated heterocycles. The second kappa shape index (κ2) is 7.97. The lowest BCUT2D eigenvalue weighted by Crippen LogP contribution is -2.29. The smallest absolute Gasteiger partial charge is 0.300 e. The number of aliphatic hydroxyl groups is 1. The molecule has 2 aromatic carbocycles. The van der Waals surface area contributed by atoms with E-state index in [1.54, 1.807) is 30.3 Å². The quantitative estimate of drug-likeness (QED) is 0.345. The maximum Gasteiger partial charge on any atom is 0.300 e. The number of hydrogen-bond donors (Lipinski definition) is 1. The Hall–Kier alpha value is -3.78. The molecule has 1 atom stereocenters. The molecule has 2 aliphatic rings. The van der Waals surface area contributed by atoms with Crippen LogP contribution in [-0.2, 0) is 9.59 Å². The second-order valence-electron chi connectivity index (χ2n) is 7.74. The standard InChI is InChI=1S/C24H18ClFN2O5/c1-27-8-10-33-18-7-4-13(11-17(18)27)22(29)20-21(19-3-2-9-32-19)28(24(31)23(20)30)14-5-6-16(26)15(25)12-14/h2-7,9,11-12,21,29H,8,10H2,1H3/b22-20-. The van der Waals surface area contributed by atoms with Crippen LogP contribution in [0.25, 0.3) is 5.76 Å². The number of Topliss-reactive ketones (excluding diaryl/α,β-unsaturated/α-hetero) is 1. The van der Waals surface area contributed by atoms with Crippen LogP contribution in [0.2, 0.25) is 5.02 Å². The zero-order chi connectivity index (χ0) is 23.3. The Morgan fingerprint density at radius 2 is 2.00 bits per heavy atom. The van der Waals surface area contributed by atoms with Crippen LogP contribution in [0.5, 0.6) is 5.75 Å². The van der Waals surface area contributed by atoms with Crippen molar-refractivity contribution in [1.29, 1.82) is 0 Å². The molecule has 3 heterocycles. The molecule has 1 amide bonds. The number of anilines is 2. The fourth-order valence-electron chi connectivity index (χ4n) is 4.10. The first-order valence-electron chi connectivity index (χ1n) is 10.1. The van der Waals surface area contributed by atoms with E-state index in [1.165, 1.54) is 18.4 Å². The van der Waals surface area contributed by atoms with Gasteiger partial charge in [-0.25, -0.2) is 4.39 Å². The van der Waals surface area contributed by atoms with Crippen LogP contribution in [0, 0.1) is 5.82 Å². The van der Waals surface area contributed by atoms with E-state index in [9.17, 15) is 19.1 Å². The molecule has 1 N–H and O–H groups in total. The molecular formula is C24H18ClFN2O5. The van der Waals surface area contributed by atoms with Crippen molar-refractivity contribution >= 4 is 40.4 Å². The molecule has 7 nitrogen and oxygen atoms in total. The number of nitrogens with zero attached hydrogens (tertiary/aromatic N) is 2. The number of furan rings is 1. The number of amides is 1. The summed E-state index contributed by atoms with van der Waals surface area (Å²) in [6, 6.07) is 10.9. The van der Waals surface area contributed by atoms with E-state index >= 15 is 0 Å². The van der Waals surface area contributed by atoms with E-state index in [-0.39, 0.29) is 27.8 Å². The molecule has 2 aliphatic heterocycles. The summed E-state index contributed by atoms with van der Waals surface area (Å²) in [4.78, 5) is 29.3. The van der Waals surface area contributed by atoms with Gasteiger partial charge in [0.1, 0.15) is 35.7 Å². The molecule has 168 valence electrons. The van der Waals surface area contributed by atoms with Crippen molar-refractivity contribution in [1.82, 2.24) is 0 Å². The predicted octanol–water partition coefficient (Wildman–Crippen LogP) is 4.53. The van der Waals surface area contributed by atoms with Crippen molar-refractivity contribution in [3.8, 4) is 5.75 Å². The summed E-state index contributed by atoms with van der Waals surface area (Å²) in [5, 5.41) is 11.0. The van der Waals surface area contributed by atoms with Gasteiger partial charge in [0.25, 0.3) is 11.7 Å². The number of aliphatic hydroxyl groups excluding tert-OH is 1. The summed E-state index contributed by atoms with van der Waals surface area (Å²) in [6.07, 6.45) is 1.40. The molecule has 0 spiro atoms. The molecule has 0 bridgehead atoms. The van der Waals surface area contributed by atoms with Gasteiger partial charge in [0.2, 0.25) is 0 Å². The van der Waals surface area contributed by atoms with Crippen molar-refractivity contribution in [3.63, 3.8) is 0 Å². The zero-order valence-electron chi connectivity index (χ0n) is 17.4. The average molecular weight is 469 g/mol. The summed E-state index contributed by atoms with van der Waals surface area (Å²) >= 11 is 5.93. The molecule has 33 heavy (non-hydrogen) atoms. The van der Waals surface area contributed by atoms with Crippen LogP contribution in [0.1, 0.15) is 17.4 Å². The molecule has 1 aromatic heterocycles. The lowest BCUT2D eigenvalue weighted by atomic mass is 9.98. The normalized spacial score (nSPS) is 19.5. The minimum atomic E-state index is -1.06. The Balaban J connectivity index is 1.68. The van der Waals surface area contributed by atoms with Crippen LogP contribution < -0.4 is 14.5 Å². The molecule has 1 fully saturated rings. The minimum absolute atomic E-state index is 0.144. The highest BCUT2D eigenvalue weighted by molar-refractivity contribution is 6.51. The first-order valence-corrected chi connectivity index (χ1v) is 10.5. The molecule has 3 aromatic rings. The van der Waals surface area contributed by atoms with Gasteiger partial charge in [0.15, 0.2) is 0 Å². The summed E-state index contributed by atoms with van der Waals surface area (Å²) in [5.41, 5.74) is 1.15. The molecule has 0 saturated carbocycles. The van der Waals surface area contributed by atoms with Gasteiger partial charge >= 0.3 is 0 Å². The van der Waals surface area contributed by atoms with Crippen LogP contribution in [0.3, 0.4) is 0 Å². The Morgan fingerprint density at radius 1 is 1.18 bits per heavy atom. The van der Waals surface area contributed by atoms with Crippen molar-refractivity contribution in [2.45, 2.75) is 6.04 Å². The minimum Gasteiger partial charge on any atom is -0.507 e. The number of ketones is 1. The largest absolute Gasteiger partial charge is 0.507 e. The maximum absolute atomic E-state index is 13.7. The van der Waals surface area contributed by atoms with Gasteiger partial charge in [0.05, 0.1) is 29.1 Å². The molecule has 9 heteroatoms. The number of hydrogen-bond acceptors (Lipinski definition) is 6. The SMILES string of the molecule is CN1CCOc2ccc(/C(O)=C3/C(=O)C(=O)N(c4ccc(F)c(Cl)c4)C3c3ccco3)cc21. The number of carbonyl (C=O) groups is 2. The molecular weight excluding hydrogens is 451 g/mol. The third-order valence-corrected chi connectivity index (χ3v) is 6.06. The fourth-order valence-corrected chi connectivity index (χ4v) is 4.28. The Labute approximate surface area is 193 Å². The third kappa shape index (κ3) is 3.43. The number of halogens is 2. The number of fused-ring (bicyclic) bond motifs is 1. The summed E-state index contributed by atoms with van der Waals surface area (Å²) in [5.74, 6) is -1.88. The van der Waals surface area contributed by atoms with Crippen LogP contribution in [0.4, 0.5) is 15.8 Å². The van der Waals surface area contributed by atoms with Gasteiger partial charge in [0, 0.05) is 18.3 Å². The van der Waals surface area contributed by atoms with Crippen LogP contribution >= 0.6 is 11.6 Å². The number of ether oxygens (including phenoxy) is 1. The molecule has 5 rings (SSSR count). The highest BCUT2D eigenvalue weighted by atomic mass is 35.5. The van der Waals surface area contributed by atoms with Gasteiger partial charge in [-0.15, -0.1) is 0 Å². The number of benzene rings is 2. The average Bonchev–Trinajstić information content (AvgIpc) is 3.42. The third-order valence-electron chi connectivity index (χ3n) is 5.77. The van der Waals surface area contributed by atoms with Gasteiger partial charge in [-0.05, 0) is 48.5 Å². The van der Waals surface area contributed by atoms with Crippen LogP contribution in [-0.4, -0.2) is 37.0 Å². The summed E-state index contributed by atoms with van der Waals surface area (Å²) in [7, 11) is 1.89. The Kier molecular flexibility index (Phi) is 5.09. The first kappa shape index (κ1) is 21.1. The number of carbonyl (C=O) groups excluding carboxylic acids is 2. The molecule has 1 unspecified atom stereocenters. The lowest BCUT2D eigenvalue weighted by molar-refractivity contribution is -0.132. The maximum atomic E-state index is 13.7. The zero-order valence-corrected chi connectivity index (χ0v) is 18.2. The highest BCUT2D eigenvalue weighted by Crippen LogP contribution is 2.44. The van der Waals surface area contributed by atoms with E-state index < -0.39 is 23.5 Å². The first-order chi connectivity index (χ1) is 15.9. The van der Waals surface area contributed by atoms with Crippen molar-refractivity contribution in [3.05, 3.63) is 82.5 Å². The molecule has 0 aliphatic carbocycles. The van der Waals surface area contributed by atoms with E-state index in [0.29, 0.717) is 24.5 Å². The van der Waals surface area contributed by atoms with Gasteiger partial charge in [-0.1, -0.05) is 11.6 Å². The Morgan fingerprint density at radius 3 is 2.73 bits per heavy atom. The van der Waals surface area contributed by atoms with E-state index in [2.05, 4.69) is 0 Å². The van der Waals surface area contributed by atoms with Crippen molar-refractivity contribution < 1.29 is 28.2 Å². The summed E-state index contributed by atoms with van der Waals surface area (Å²) in [6.45, 7) is 1.21. The lowest BCUT2D eigenvalue weighted by Gasteiger charge is -2.28. The van der Waals surface area contributed by atoms with Crippen molar-refractivity contribution in [2.24, 2.45) is 0 Å². The van der Waals surface area contributed by atoms with Gasteiger partial charge < -0.3 is 19.2 Å². The van der Waals surface area contributed by atoms with Crippen LogP contribution in [0.15, 0.2) is 64.8 Å². The van der Waals surface area contributed by atoms with E-state index in [1.807, 2.05) is 11.9 Å². The van der Waals surface area contributed by atoms with Gasteiger partial charge in [-0.2, -0.15) is 0 Å². The van der Waals surface area contributed by atoms with Gasteiger partial charge in [-0.3, -0.25) is 14.5 Å². The fraction of sp³-hybridized carbons (Fsp3) is 0.167. The van der Waals surface area contributed by atoms with Crippen molar-refractivity contribution in [2.75, 3.05) is 30.0 Å². The van der Waals surface area contributed by atoms with E-state index in [0.717, 1.165) is 16.7 Å². The molecule has 0 radical (unpaired) electrons. The second-order valence-corrected chi connectivity index (χ2v) is 8.14. The highest BCUT2D eigenvalue weighted by Gasteiger charge is 2.48. The van der Waals surface area contributed by atoms with E-state index in [4.69, 9.17) is 20.8 Å². The predicted molar refractivity (Wildman–Crippen MR) is 120 cm³/mol. The topological polar surface area (TPSA) is 83.2 Å². The number of rotatable bonds is 3. The Bertz CT molecular complexity index is 1300. The monoisotopic (exact) mass is 468 g/mol. The summed E-state index contributed by atoms with van der Waals surface area (Å²) < 4.78 is 24.9. The number of likely N-dealkylation sites (N-methyl/N-ethyl adjacent to an activating group) is 1.